The second-order valence-corrected chi connectivity index (χ2v) is 5.00. The van der Waals surface area contributed by atoms with Gasteiger partial charge in [0.1, 0.15) is 0 Å². The van der Waals surface area contributed by atoms with Crippen molar-refractivity contribution in [1.29, 1.82) is 0 Å². The number of carbonyl (C=O) groups excluding carboxylic acids is 1. The predicted molar refractivity (Wildman–Crippen MR) is 61.0 cm³/mol. The Hall–Kier alpha value is -1.06. The molecule has 0 aromatic rings. The molecule has 1 amide bonds. The van der Waals surface area contributed by atoms with Gasteiger partial charge in [-0.1, -0.05) is 13.8 Å². The molecule has 1 rings (SSSR count). The van der Waals surface area contributed by atoms with Gasteiger partial charge in [-0.3, -0.25) is 9.59 Å². The molecule has 0 aliphatic carbocycles. The molecule has 16 heavy (non-hydrogen) atoms. The van der Waals surface area contributed by atoms with E-state index in [-0.39, 0.29) is 24.8 Å². The summed E-state index contributed by atoms with van der Waals surface area (Å²) in [6.45, 7) is 7.11. The summed E-state index contributed by atoms with van der Waals surface area (Å²) in [5.41, 5.74) is 0. The molecule has 1 aliphatic heterocycles. The molecule has 4 heteroatoms. The van der Waals surface area contributed by atoms with Crippen LogP contribution in [0.2, 0.25) is 0 Å². The van der Waals surface area contributed by atoms with Crippen LogP contribution < -0.4 is 0 Å². The fourth-order valence-electron chi connectivity index (χ4n) is 2.40. The molecular formula is C12H21NO3. The lowest BCUT2D eigenvalue weighted by molar-refractivity contribution is -0.143. The van der Waals surface area contributed by atoms with Crippen molar-refractivity contribution in [2.45, 2.75) is 46.1 Å². The van der Waals surface area contributed by atoms with E-state index in [1.165, 1.54) is 0 Å². The summed E-state index contributed by atoms with van der Waals surface area (Å²) in [5, 5.41) is 8.56. The SMILES string of the molecule is CC1CC(C)C(C)N(C(=O)CCC(=O)O)C1. The van der Waals surface area contributed by atoms with Crippen molar-refractivity contribution in [2.75, 3.05) is 6.54 Å². The minimum atomic E-state index is -0.904. The molecule has 1 saturated heterocycles. The maximum absolute atomic E-state index is 11.9. The number of hydrogen-bond acceptors (Lipinski definition) is 2. The van der Waals surface area contributed by atoms with E-state index in [9.17, 15) is 9.59 Å². The molecule has 4 nitrogen and oxygen atoms in total. The smallest absolute Gasteiger partial charge is 0.303 e. The van der Waals surface area contributed by atoms with Gasteiger partial charge in [0.15, 0.2) is 0 Å². The van der Waals surface area contributed by atoms with Crippen LogP contribution in [-0.2, 0) is 9.59 Å². The average molecular weight is 227 g/mol. The van der Waals surface area contributed by atoms with Crippen LogP contribution in [0, 0.1) is 11.8 Å². The van der Waals surface area contributed by atoms with Crippen molar-refractivity contribution in [2.24, 2.45) is 11.8 Å². The lowest BCUT2D eigenvalue weighted by atomic mass is 9.86. The minimum absolute atomic E-state index is 0.0201. The number of carboxylic acids is 1. The van der Waals surface area contributed by atoms with Crippen molar-refractivity contribution < 1.29 is 14.7 Å². The second kappa shape index (κ2) is 5.32. The highest BCUT2D eigenvalue weighted by atomic mass is 16.4. The lowest BCUT2D eigenvalue weighted by Gasteiger charge is -2.41. The highest BCUT2D eigenvalue weighted by molar-refractivity contribution is 5.81. The third-order valence-electron chi connectivity index (χ3n) is 3.47. The van der Waals surface area contributed by atoms with Crippen LogP contribution in [0.1, 0.15) is 40.0 Å². The van der Waals surface area contributed by atoms with E-state index in [1.807, 2.05) is 4.90 Å². The Bertz CT molecular complexity index is 277. The number of hydrogen-bond donors (Lipinski definition) is 1. The summed E-state index contributed by atoms with van der Waals surface area (Å²) in [4.78, 5) is 24.1. The first-order chi connectivity index (χ1) is 7.41. The van der Waals surface area contributed by atoms with E-state index in [2.05, 4.69) is 20.8 Å². The topological polar surface area (TPSA) is 57.6 Å². The summed E-state index contributed by atoms with van der Waals surface area (Å²) in [7, 11) is 0. The van der Waals surface area contributed by atoms with Crippen molar-refractivity contribution in [3.05, 3.63) is 0 Å². The van der Waals surface area contributed by atoms with Gasteiger partial charge in [-0.15, -0.1) is 0 Å². The van der Waals surface area contributed by atoms with Crippen LogP contribution in [-0.4, -0.2) is 34.5 Å². The van der Waals surface area contributed by atoms with Crippen molar-refractivity contribution >= 4 is 11.9 Å². The third-order valence-corrected chi connectivity index (χ3v) is 3.47. The lowest BCUT2D eigenvalue weighted by Crippen LogP contribution is -2.48. The van der Waals surface area contributed by atoms with E-state index in [1.54, 1.807) is 0 Å². The zero-order valence-corrected chi connectivity index (χ0v) is 10.3. The van der Waals surface area contributed by atoms with Crippen LogP contribution in [0.25, 0.3) is 0 Å². The number of rotatable bonds is 3. The monoisotopic (exact) mass is 227 g/mol. The maximum atomic E-state index is 11.9. The molecule has 0 aromatic heterocycles. The summed E-state index contributed by atoms with van der Waals surface area (Å²) >= 11 is 0. The number of amides is 1. The van der Waals surface area contributed by atoms with E-state index in [0.29, 0.717) is 11.8 Å². The highest BCUT2D eigenvalue weighted by Gasteiger charge is 2.31. The van der Waals surface area contributed by atoms with Crippen LogP contribution >= 0.6 is 0 Å². The first-order valence-corrected chi connectivity index (χ1v) is 5.93. The van der Waals surface area contributed by atoms with Crippen molar-refractivity contribution in [3.63, 3.8) is 0 Å². The van der Waals surface area contributed by atoms with Crippen LogP contribution in [0.4, 0.5) is 0 Å². The third kappa shape index (κ3) is 3.22. The van der Waals surface area contributed by atoms with Gasteiger partial charge in [0.25, 0.3) is 0 Å². The van der Waals surface area contributed by atoms with Crippen LogP contribution in [0.5, 0.6) is 0 Å². The van der Waals surface area contributed by atoms with Gasteiger partial charge in [0, 0.05) is 19.0 Å². The molecule has 1 heterocycles. The van der Waals surface area contributed by atoms with Crippen LogP contribution in [0.3, 0.4) is 0 Å². The number of nitrogens with zero attached hydrogens (tertiary/aromatic N) is 1. The molecule has 0 bridgehead atoms. The molecule has 0 aromatic carbocycles. The molecule has 3 atom stereocenters. The molecule has 3 unspecified atom stereocenters. The Morgan fingerprint density at radius 3 is 2.44 bits per heavy atom. The molecule has 1 aliphatic rings. The molecule has 0 saturated carbocycles. The van der Waals surface area contributed by atoms with Crippen LogP contribution in [0.15, 0.2) is 0 Å². The molecule has 1 fully saturated rings. The van der Waals surface area contributed by atoms with Gasteiger partial charge >= 0.3 is 5.97 Å². The zero-order chi connectivity index (χ0) is 12.3. The van der Waals surface area contributed by atoms with Gasteiger partial charge in [-0.2, -0.15) is 0 Å². The van der Waals surface area contributed by atoms with Gasteiger partial charge < -0.3 is 10.0 Å². The van der Waals surface area contributed by atoms with Gasteiger partial charge in [-0.25, -0.2) is 0 Å². The largest absolute Gasteiger partial charge is 0.481 e. The molecule has 92 valence electrons. The summed E-state index contributed by atoms with van der Waals surface area (Å²) < 4.78 is 0. The fraction of sp³-hybridized carbons (Fsp3) is 0.833. The van der Waals surface area contributed by atoms with E-state index in [4.69, 9.17) is 5.11 Å². The predicted octanol–water partition coefficient (Wildman–Crippen LogP) is 1.74. The van der Waals surface area contributed by atoms with Gasteiger partial charge in [-0.05, 0) is 25.2 Å². The van der Waals surface area contributed by atoms with Crippen molar-refractivity contribution in [3.8, 4) is 0 Å². The van der Waals surface area contributed by atoms with E-state index < -0.39 is 5.97 Å². The first-order valence-electron chi connectivity index (χ1n) is 5.93. The number of carboxylic acid groups (broad SMARTS) is 1. The van der Waals surface area contributed by atoms with Crippen molar-refractivity contribution in [1.82, 2.24) is 4.90 Å². The Morgan fingerprint density at radius 2 is 1.88 bits per heavy atom. The summed E-state index contributed by atoms with van der Waals surface area (Å²) in [6.07, 6.45) is 1.20. The standard InChI is InChI=1S/C12H21NO3/c1-8-6-9(2)10(3)13(7-8)11(14)4-5-12(15)16/h8-10H,4-7H2,1-3H3,(H,15,16). The van der Waals surface area contributed by atoms with Gasteiger partial charge in [0.05, 0.1) is 6.42 Å². The quantitative estimate of drug-likeness (QED) is 0.799. The number of carbonyl (C=O) groups is 2. The number of aliphatic carboxylic acids is 1. The van der Waals surface area contributed by atoms with Gasteiger partial charge in [0.2, 0.25) is 5.91 Å². The number of likely N-dealkylation sites (tertiary alicyclic amines) is 1. The maximum Gasteiger partial charge on any atom is 0.303 e. The first kappa shape index (κ1) is 13.0. The fourth-order valence-corrected chi connectivity index (χ4v) is 2.40. The number of piperidine rings is 1. The summed E-state index contributed by atoms with van der Waals surface area (Å²) in [6, 6.07) is 0.234. The molecule has 1 N–H and O–H groups in total. The molecule has 0 radical (unpaired) electrons. The normalized spacial score (nSPS) is 30.2. The zero-order valence-electron chi connectivity index (χ0n) is 10.3. The Kier molecular flexibility index (Phi) is 4.33. The Morgan fingerprint density at radius 1 is 1.25 bits per heavy atom. The molecular weight excluding hydrogens is 206 g/mol. The molecule has 0 spiro atoms. The average Bonchev–Trinajstić information content (AvgIpc) is 2.19. The minimum Gasteiger partial charge on any atom is -0.481 e. The Balaban J connectivity index is 2.56. The van der Waals surface area contributed by atoms with E-state index in [0.717, 1.165) is 13.0 Å². The summed E-state index contributed by atoms with van der Waals surface area (Å²) in [5.74, 6) is 0.0879. The van der Waals surface area contributed by atoms with E-state index >= 15 is 0 Å². The second-order valence-electron chi connectivity index (χ2n) is 5.00. The highest BCUT2D eigenvalue weighted by Crippen LogP contribution is 2.27. The Labute approximate surface area is 96.6 Å².